The average Bonchev–Trinajstić information content (AvgIpc) is 2.61. The summed E-state index contributed by atoms with van der Waals surface area (Å²) >= 11 is 0. The van der Waals surface area contributed by atoms with Gasteiger partial charge in [0.1, 0.15) is 5.82 Å². The predicted octanol–water partition coefficient (Wildman–Crippen LogP) is 2.92. The second kappa shape index (κ2) is 9.62. The van der Waals surface area contributed by atoms with E-state index in [1.165, 1.54) is 38.9 Å². The summed E-state index contributed by atoms with van der Waals surface area (Å²) in [5, 5.41) is 6.62. The van der Waals surface area contributed by atoms with Gasteiger partial charge in [-0.05, 0) is 68.9 Å². The minimum Gasteiger partial charge on any atom is -0.356 e. The first-order valence-corrected chi connectivity index (χ1v) is 9.04. The molecular weight excluding hydrogens is 303 g/mol. The van der Waals surface area contributed by atoms with Crippen molar-refractivity contribution in [2.75, 3.05) is 33.2 Å². The number of nitrogens with one attached hydrogen (secondary N) is 2. The molecule has 0 bridgehead atoms. The number of aryl methyl sites for hydroxylation is 1. The van der Waals surface area contributed by atoms with Crippen LogP contribution >= 0.6 is 0 Å². The van der Waals surface area contributed by atoms with Crippen LogP contribution in [0.25, 0.3) is 0 Å². The zero-order valence-corrected chi connectivity index (χ0v) is 15.2. The number of guanidine groups is 1. The molecule has 2 rings (SSSR count). The van der Waals surface area contributed by atoms with E-state index >= 15 is 0 Å². The first-order valence-electron chi connectivity index (χ1n) is 9.04. The van der Waals surface area contributed by atoms with Gasteiger partial charge in [0.25, 0.3) is 0 Å². The molecule has 0 aromatic heterocycles. The summed E-state index contributed by atoms with van der Waals surface area (Å²) in [5.41, 5.74) is 1.60. The molecule has 0 radical (unpaired) electrons. The van der Waals surface area contributed by atoms with Gasteiger partial charge >= 0.3 is 0 Å². The van der Waals surface area contributed by atoms with Crippen molar-refractivity contribution in [3.63, 3.8) is 0 Å². The molecule has 1 aromatic rings. The second-order valence-corrected chi connectivity index (χ2v) is 6.60. The van der Waals surface area contributed by atoms with Gasteiger partial charge in [0, 0.05) is 20.1 Å². The lowest BCUT2D eigenvalue weighted by atomic mass is 9.93. The van der Waals surface area contributed by atoms with Crippen molar-refractivity contribution < 1.29 is 4.39 Å². The van der Waals surface area contributed by atoms with Crippen LogP contribution < -0.4 is 10.6 Å². The third-order valence-corrected chi connectivity index (χ3v) is 4.92. The molecule has 0 saturated carbocycles. The van der Waals surface area contributed by atoms with Crippen LogP contribution in [0.2, 0.25) is 0 Å². The van der Waals surface area contributed by atoms with Gasteiger partial charge in [0.2, 0.25) is 0 Å². The third-order valence-electron chi connectivity index (χ3n) is 4.92. The minimum absolute atomic E-state index is 0.157. The van der Waals surface area contributed by atoms with Gasteiger partial charge in [-0.15, -0.1) is 0 Å². The molecule has 2 N–H and O–H groups in total. The van der Waals surface area contributed by atoms with Gasteiger partial charge in [-0.3, -0.25) is 4.99 Å². The zero-order valence-electron chi connectivity index (χ0n) is 15.2. The number of halogens is 1. The molecule has 0 spiro atoms. The topological polar surface area (TPSA) is 39.7 Å². The highest BCUT2D eigenvalue weighted by molar-refractivity contribution is 5.79. The van der Waals surface area contributed by atoms with E-state index in [4.69, 9.17) is 0 Å². The monoisotopic (exact) mass is 334 g/mol. The maximum absolute atomic E-state index is 13.6. The van der Waals surface area contributed by atoms with E-state index in [9.17, 15) is 4.39 Å². The number of piperidine rings is 1. The van der Waals surface area contributed by atoms with Crippen molar-refractivity contribution >= 4 is 5.96 Å². The van der Waals surface area contributed by atoms with E-state index in [2.05, 4.69) is 27.4 Å². The van der Waals surface area contributed by atoms with Crippen LogP contribution in [0.1, 0.15) is 37.3 Å². The fourth-order valence-electron chi connectivity index (χ4n) is 3.14. The predicted molar refractivity (Wildman–Crippen MR) is 98.8 cm³/mol. The standard InChI is InChI=1S/C19H31FN4/c1-4-24-11-8-16(9-12-24)7-10-22-19(21-3)23-14-17-6-5-15(2)18(20)13-17/h5-6,13,16H,4,7-12,14H2,1-3H3,(H2,21,22,23). The SMILES string of the molecule is CCN1CCC(CCNC(=NC)NCc2ccc(C)c(F)c2)CC1. The third kappa shape index (κ3) is 5.78. The summed E-state index contributed by atoms with van der Waals surface area (Å²) in [6.45, 7) is 9.14. The van der Waals surface area contributed by atoms with Gasteiger partial charge in [-0.1, -0.05) is 19.1 Å². The quantitative estimate of drug-likeness (QED) is 0.621. The Morgan fingerprint density at radius 1 is 1.29 bits per heavy atom. The Balaban J connectivity index is 1.68. The Kier molecular flexibility index (Phi) is 7.50. The number of benzene rings is 1. The summed E-state index contributed by atoms with van der Waals surface area (Å²) in [4.78, 5) is 6.76. The highest BCUT2D eigenvalue weighted by Crippen LogP contribution is 2.19. The molecule has 0 atom stereocenters. The molecule has 24 heavy (non-hydrogen) atoms. The molecule has 0 unspecified atom stereocenters. The first kappa shape index (κ1) is 18.7. The van der Waals surface area contributed by atoms with Crippen molar-refractivity contribution in [1.82, 2.24) is 15.5 Å². The highest BCUT2D eigenvalue weighted by Gasteiger charge is 2.17. The van der Waals surface area contributed by atoms with Gasteiger partial charge in [-0.25, -0.2) is 4.39 Å². The number of hydrogen-bond donors (Lipinski definition) is 2. The molecule has 1 aromatic carbocycles. The van der Waals surface area contributed by atoms with Crippen molar-refractivity contribution in [3.05, 3.63) is 35.1 Å². The lowest BCUT2D eigenvalue weighted by Gasteiger charge is -2.31. The van der Waals surface area contributed by atoms with Gasteiger partial charge in [0.05, 0.1) is 0 Å². The Morgan fingerprint density at radius 3 is 2.67 bits per heavy atom. The van der Waals surface area contributed by atoms with Crippen molar-refractivity contribution in [2.24, 2.45) is 10.9 Å². The summed E-state index contributed by atoms with van der Waals surface area (Å²) in [7, 11) is 1.77. The molecule has 0 aliphatic carbocycles. The van der Waals surface area contributed by atoms with Crippen LogP contribution in [0.4, 0.5) is 4.39 Å². The molecule has 1 fully saturated rings. The fourth-order valence-corrected chi connectivity index (χ4v) is 3.14. The molecule has 134 valence electrons. The van der Waals surface area contributed by atoms with E-state index < -0.39 is 0 Å². The van der Waals surface area contributed by atoms with E-state index in [-0.39, 0.29) is 5.82 Å². The Hall–Kier alpha value is -1.62. The molecule has 0 amide bonds. The summed E-state index contributed by atoms with van der Waals surface area (Å²) in [6, 6.07) is 5.34. The number of rotatable bonds is 6. The highest BCUT2D eigenvalue weighted by atomic mass is 19.1. The molecule has 1 aliphatic heterocycles. The van der Waals surface area contributed by atoms with Crippen LogP contribution in [-0.4, -0.2) is 44.1 Å². The number of likely N-dealkylation sites (tertiary alicyclic amines) is 1. The largest absolute Gasteiger partial charge is 0.356 e. The molecule has 1 aliphatic rings. The number of nitrogens with zero attached hydrogens (tertiary/aromatic N) is 2. The molecule has 1 saturated heterocycles. The number of aliphatic imine (C=N–C) groups is 1. The Bertz CT molecular complexity index is 536. The van der Waals surface area contributed by atoms with Crippen molar-refractivity contribution in [3.8, 4) is 0 Å². The summed E-state index contributed by atoms with van der Waals surface area (Å²) in [5.74, 6) is 1.43. The van der Waals surface area contributed by atoms with E-state index in [1.807, 2.05) is 12.1 Å². The van der Waals surface area contributed by atoms with Crippen LogP contribution in [0.15, 0.2) is 23.2 Å². The fraction of sp³-hybridized carbons (Fsp3) is 0.632. The summed E-state index contributed by atoms with van der Waals surface area (Å²) in [6.07, 6.45) is 3.77. The smallest absolute Gasteiger partial charge is 0.191 e. The van der Waals surface area contributed by atoms with Crippen molar-refractivity contribution in [2.45, 2.75) is 39.7 Å². The van der Waals surface area contributed by atoms with Gasteiger partial charge in [-0.2, -0.15) is 0 Å². The maximum Gasteiger partial charge on any atom is 0.191 e. The Morgan fingerprint density at radius 2 is 2.04 bits per heavy atom. The van der Waals surface area contributed by atoms with Crippen LogP contribution in [0, 0.1) is 18.7 Å². The first-order chi connectivity index (χ1) is 11.6. The minimum atomic E-state index is -0.157. The van der Waals surface area contributed by atoms with Gasteiger partial charge < -0.3 is 15.5 Å². The lowest BCUT2D eigenvalue weighted by molar-refractivity contribution is 0.187. The van der Waals surface area contributed by atoms with Crippen LogP contribution in [0.5, 0.6) is 0 Å². The van der Waals surface area contributed by atoms with Crippen LogP contribution in [0.3, 0.4) is 0 Å². The van der Waals surface area contributed by atoms with Crippen molar-refractivity contribution in [1.29, 1.82) is 0 Å². The zero-order chi connectivity index (χ0) is 17.4. The molecule has 5 heteroatoms. The number of hydrogen-bond acceptors (Lipinski definition) is 2. The van der Waals surface area contributed by atoms with Gasteiger partial charge in [0.15, 0.2) is 5.96 Å². The second-order valence-electron chi connectivity index (χ2n) is 6.60. The lowest BCUT2D eigenvalue weighted by Crippen LogP contribution is -2.39. The molecular formula is C19H31FN4. The maximum atomic E-state index is 13.6. The molecule has 1 heterocycles. The average molecular weight is 334 g/mol. The van der Waals surface area contributed by atoms with E-state index in [0.29, 0.717) is 12.1 Å². The van der Waals surface area contributed by atoms with E-state index in [0.717, 1.165) is 24.0 Å². The van der Waals surface area contributed by atoms with E-state index in [1.54, 1.807) is 20.0 Å². The summed E-state index contributed by atoms with van der Waals surface area (Å²) < 4.78 is 13.6. The van der Waals surface area contributed by atoms with Crippen LogP contribution in [-0.2, 0) is 6.54 Å². The Labute approximate surface area is 145 Å². The normalized spacial score (nSPS) is 17.1. The molecule has 4 nitrogen and oxygen atoms in total.